The summed E-state index contributed by atoms with van der Waals surface area (Å²) in [5.41, 5.74) is 8.07. The molecule has 0 aromatic heterocycles. The molecule has 0 spiro atoms. The number of benzene rings is 2. The van der Waals surface area contributed by atoms with Crippen molar-refractivity contribution in [2.75, 3.05) is 13.1 Å². The molecule has 2 aromatic rings. The molecule has 0 aliphatic rings. The van der Waals surface area contributed by atoms with Gasteiger partial charge in [0.1, 0.15) is 0 Å². The van der Waals surface area contributed by atoms with Gasteiger partial charge < -0.3 is 11.1 Å². The first kappa shape index (κ1) is 16.2. The molecular formula is C19H24N2O. The number of amides is 1. The number of carbonyl (C=O) groups is 1. The van der Waals surface area contributed by atoms with Crippen LogP contribution in [-0.2, 0) is 4.79 Å². The fourth-order valence-electron chi connectivity index (χ4n) is 2.52. The van der Waals surface area contributed by atoms with Crippen molar-refractivity contribution < 1.29 is 4.79 Å². The summed E-state index contributed by atoms with van der Waals surface area (Å²) in [4.78, 5) is 11.8. The standard InChI is InChI=1S/C19H24N2O/c1-15(14-20)19(22)21-13-12-18(16-8-4-2-5-9-16)17-10-6-3-7-11-17/h2-11,15,18H,12-14,20H2,1H3,(H,21,22). The fourth-order valence-corrected chi connectivity index (χ4v) is 2.52. The third-order valence-electron chi connectivity index (χ3n) is 3.94. The predicted octanol–water partition coefficient (Wildman–Crippen LogP) is 2.92. The van der Waals surface area contributed by atoms with E-state index in [0.717, 1.165) is 6.42 Å². The maximum Gasteiger partial charge on any atom is 0.224 e. The molecule has 0 heterocycles. The van der Waals surface area contributed by atoms with Crippen LogP contribution in [0, 0.1) is 5.92 Å². The van der Waals surface area contributed by atoms with Gasteiger partial charge in [0.15, 0.2) is 0 Å². The molecule has 3 nitrogen and oxygen atoms in total. The quantitative estimate of drug-likeness (QED) is 0.825. The summed E-state index contributed by atoms with van der Waals surface area (Å²) in [6.07, 6.45) is 0.872. The highest BCUT2D eigenvalue weighted by molar-refractivity contribution is 5.78. The third-order valence-corrected chi connectivity index (χ3v) is 3.94. The Morgan fingerprint density at radius 2 is 1.50 bits per heavy atom. The van der Waals surface area contributed by atoms with Crippen LogP contribution >= 0.6 is 0 Å². The Bertz CT molecular complexity index is 529. The van der Waals surface area contributed by atoms with E-state index in [2.05, 4.69) is 53.8 Å². The maximum absolute atomic E-state index is 11.8. The molecule has 0 aliphatic carbocycles. The van der Waals surface area contributed by atoms with Crippen molar-refractivity contribution in [3.8, 4) is 0 Å². The zero-order valence-electron chi connectivity index (χ0n) is 13.0. The van der Waals surface area contributed by atoms with Crippen molar-refractivity contribution in [2.24, 2.45) is 11.7 Å². The van der Waals surface area contributed by atoms with Gasteiger partial charge in [-0.1, -0.05) is 67.6 Å². The number of rotatable bonds is 7. The highest BCUT2D eigenvalue weighted by Gasteiger charge is 2.15. The summed E-state index contributed by atoms with van der Waals surface area (Å²) < 4.78 is 0. The van der Waals surface area contributed by atoms with Crippen molar-refractivity contribution in [3.05, 3.63) is 71.8 Å². The van der Waals surface area contributed by atoms with Crippen LogP contribution in [0.2, 0.25) is 0 Å². The zero-order chi connectivity index (χ0) is 15.8. The fraction of sp³-hybridized carbons (Fsp3) is 0.316. The molecule has 0 aliphatic heterocycles. The summed E-state index contributed by atoms with van der Waals surface area (Å²) in [7, 11) is 0. The lowest BCUT2D eigenvalue weighted by Gasteiger charge is -2.19. The zero-order valence-corrected chi connectivity index (χ0v) is 13.0. The molecule has 0 saturated heterocycles. The highest BCUT2D eigenvalue weighted by Crippen LogP contribution is 2.27. The van der Waals surface area contributed by atoms with E-state index in [0.29, 0.717) is 13.1 Å². The van der Waals surface area contributed by atoms with Gasteiger partial charge in [0.05, 0.1) is 0 Å². The Balaban J connectivity index is 2.05. The first-order valence-corrected chi connectivity index (χ1v) is 7.80. The average molecular weight is 296 g/mol. The molecule has 0 bridgehead atoms. The smallest absolute Gasteiger partial charge is 0.224 e. The summed E-state index contributed by atoms with van der Waals surface area (Å²) in [5.74, 6) is 0.185. The van der Waals surface area contributed by atoms with Gasteiger partial charge >= 0.3 is 0 Å². The second-order valence-electron chi connectivity index (χ2n) is 5.59. The highest BCUT2D eigenvalue weighted by atomic mass is 16.1. The number of hydrogen-bond donors (Lipinski definition) is 2. The molecule has 3 N–H and O–H groups in total. The van der Waals surface area contributed by atoms with Crippen LogP contribution in [-0.4, -0.2) is 19.0 Å². The van der Waals surface area contributed by atoms with Crippen LogP contribution in [0.5, 0.6) is 0 Å². The Hall–Kier alpha value is -2.13. The first-order chi connectivity index (χ1) is 10.7. The average Bonchev–Trinajstić information content (AvgIpc) is 2.59. The molecule has 0 radical (unpaired) electrons. The van der Waals surface area contributed by atoms with Gasteiger partial charge in [-0.25, -0.2) is 0 Å². The number of nitrogens with two attached hydrogens (primary N) is 1. The minimum absolute atomic E-state index is 0.0300. The van der Waals surface area contributed by atoms with Crippen molar-refractivity contribution in [1.29, 1.82) is 0 Å². The van der Waals surface area contributed by atoms with Crippen LogP contribution < -0.4 is 11.1 Å². The largest absolute Gasteiger partial charge is 0.356 e. The normalized spacial score (nSPS) is 12.1. The molecular weight excluding hydrogens is 272 g/mol. The SMILES string of the molecule is CC(CN)C(=O)NCCC(c1ccccc1)c1ccccc1. The molecule has 116 valence electrons. The molecule has 0 saturated carbocycles. The van der Waals surface area contributed by atoms with Gasteiger partial charge in [0.25, 0.3) is 0 Å². The Kier molecular flexibility index (Phi) is 6.16. The van der Waals surface area contributed by atoms with Gasteiger partial charge in [0, 0.05) is 24.9 Å². The number of carbonyl (C=O) groups excluding carboxylic acids is 1. The molecule has 1 unspecified atom stereocenters. The summed E-state index contributed by atoms with van der Waals surface area (Å²) in [6.45, 7) is 2.88. The number of hydrogen-bond acceptors (Lipinski definition) is 2. The minimum Gasteiger partial charge on any atom is -0.356 e. The van der Waals surface area contributed by atoms with Crippen molar-refractivity contribution in [1.82, 2.24) is 5.32 Å². The maximum atomic E-state index is 11.8. The van der Waals surface area contributed by atoms with Gasteiger partial charge in [0.2, 0.25) is 5.91 Å². The van der Waals surface area contributed by atoms with Crippen molar-refractivity contribution in [3.63, 3.8) is 0 Å². The second-order valence-corrected chi connectivity index (χ2v) is 5.59. The summed E-state index contributed by atoms with van der Waals surface area (Å²) in [5, 5.41) is 2.98. The molecule has 2 rings (SSSR count). The van der Waals surface area contributed by atoms with Crippen LogP contribution in [0.4, 0.5) is 0 Å². The molecule has 22 heavy (non-hydrogen) atoms. The monoisotopic (exact) mass is 296 g/mol. The van der Waals surface area contributed by atoms with Crippen molar-refractivity contribution in [2.45, 2.75) is 19.3 Å². The Morgan fingerprint density at radius 3 is 1.95 bits per heavy atom. The third kappa shape index (κ3) is 4.43. The molecule has 3 heteroatoms. The van der Waals surface area contributed by atoms with E-state index in [4.69, 9.17) is 5.73 Å². The number of nitrogens with one attached hydrogen (secondary N) is 1. The Morgan fingerprint density at radius 1 is 1.00 bits per heavy atom. The van der Waals surface area contributed by atoms with Crippen LogP contribution in [0.15, 0.2) is 60.7 Å². The van der Waals surface area contributed by atoms with E-state index in [1.807, 2.05) is 19.1 Å². The molecule has 1 amide bonds. The predicted molar refractivity (Wildman–Crippen MR) is 90.6 cm³/mol. The topological polar surface area (TPSA) is 55.1 Å². The minimum atomic E-state index is -0.132. The van der Waals surface area contributed by atoms with E-state index in [1.54, 1.807) is 0 Å². The van der Waals surface area contributed by atoms with Crippen molar-refractivity contribution >= 4 is 5.91 Å². The summed E-state index contributed by atoms with van der Waals surface area (Å²) >= 11 is 0. The lowest BCUT2D eigenvalue weighted by molar-refractivity contribution is -0.124. The lowest BCUT2D eigenvalue weighted by atomic mass is 9.88. The van der Waals surface area contributed by atoms with Gasteiger partial charge in [-0.05, 0) is 17.5 Å². The van der Waals surface area contributed by atoms with E-state index < -0.39 is 0 Å². The Labute approximate surface area is 132 Å². The molecule has 0 fully saturated rings. The molecule has 1 atom stereocenters. The van der Waals surface area contributed by atoms with E-state index in [-0.39, 0.29) is 17.7 Å². The molecule has 2 aromatic carbocycles. The van der Waals surface area contributed by atoms with Crippen LogP contribution in [0.25, 0.3) is 0 Å². The van der Waals surface area contributed by atoms with Gasteiger partial charge in [-0.2, -0.15) is 0 Å². The lowest BCUT2D eigenvalue weighted by Crippen LogP contribution is -2.34. The van der Waals surface area contributed by atoms with E-state index in [1.165, 1.54) is 11.1 Å². The van der Waals surface area contributed by atoms with Crippen LogP contribution in [0.3, 0.4) is 0 Å². The second kappa shape index (κ2) is 8.35. The van der Waals surface area contributed by atoms with E-state index in [9.17, 15) is 4.79 Å². The van der Waals surface area contributed by atoms with Gasteiger partial charge in [-0.3, -0.25) is 4.79 Å². The van der Waals surface area contributed by atoms with E-state index >= 15 is 0 Å². The van der Waals surface area contributed by atoms with Crippen LogP contribution in [0.1, 0.15) is 30.4 Å². The van der Waals surface area contributed by atoms with Gasteiger partial charge in [-0.15, -0.1) is 0 Å². The summed E-state index contributed by atoms with van der Waals surface area (Å²) in [6, 6.07) is 20.8. The first-order valence-electron chi connectivity index (χ1n) is 7.80.